The lowest BCUT2D eigenvalue weighted by Crippen LogP contribution is -2.41. The van der Waals surface area contributed by atoms with E-state index in [-0.39, 0.29) is 0 Å². The molecule has 1 aromatic heterocycles. The van der Waals surface area contributed by atoms with Crippen molar-refractivity contribution in [1.29, 1.82) is 0 Å². The topological polar surface area (TPSA) is 56.9 Å². The monoisotopic (exact) mass is 169 g/mol. The number of hydrogen-bond acceptors (Lipinski definition) is 3. The number of nitrogens with zero attached hydrogens (tertiary/aromatic N) is 3. The molecule has 0 spiro atoms. The van der Waals surface area contributed by atoms with Gasteiger partial charge in [-0.15, -0.1) is 0 Å². The van der Waals surface area contributed by atoms with Crippen molar-refractivity contribution >= 4 is 0 Å². The maximum Gasteiger partial charge on any atom is 0.332 e. The minimum absolute atomic E-state index is 0.429. The third kappa shape index (κ3) is 1.30. The van der Waals surface area contributed by atoms with Gasteiger partial charge in [-0.05, 0) is 13.8 Å². The van der Waals surface area contributed by atoms with Crippen LogP contribution in [0, 0.1) is 0 Å². The highest BCUT2D eigenvalue weighted by molar-refractivity contribution is 4.76. The highest BCUT2D eigenvalue weighted by atomic mass is 16.2. The van der Waals surface area contributed by atoms with Crippen LogP contribution in [0.4, 0.5) is 0 Å². The lowest BCUT2D eigenvalue weighted by Gasteiger charge is -2.01. The number of aromatic nitrogens is 3. The Bertz CT molecular complexity index is 340. The lowest BCUT2D eigenvalue weighted by atomic mass is 10.6. The maximum absolute atomic E-state index is 11.2. The van der Waals surface area contributed by atoms with Gasteiger partial charge in [0.1, 0.15) is 6.33 Å². The van der Waals surface area contributed by atoms with Crippen LogP contribution in [0.5, 0.6) is 0 Å². The summed E-state index contributed by atoms with van der Waals surface area (Å²) in [4.78, 5) is 22.3. The van der Waals surface area contributed by atoms with E-state index in [0.717, 1.165) is 4.68 Å². The summed E-state index contributed by atoms with van der Waals surface area (Å²) in [5, 5.41) is 3.80. The van der Waals surface area contributed by atoms with E-state index in [0.29, 0.717) is 13.1 Å². The zero-order valence-corrected chi connectivity index (χ0v) is 7.15. The first kappa shape index (κ1) is 8.70. The third-order valence-electron chi connectivity index (χ3n) is 1.65. The first-order valence-electron chi connectivity index (χ1n) is 3.87. The standard InChI is InChI=1S/C7H11N3O2/c1-3-9-5-8-10(4-2)7(12)6(9)11/h5H,3-4H2,1-2H3. The minimum Gasteiger partial charge on any atom is -0.293 e. The molecule has 0 atom stereocenters. The van der Waals surface area contributed by atoms with Gasteiger partial charge in [-0.2, -0.15) is 5.10 Å². The molecule has 66 valence electrons. The van der Waals surface area contributed by atoms with Gasteiger partial charge >= 0.3 is 11.1 Å². The molecule has 0 aliphatic rings. The van der Waals surface area contributed by atoms with Crippen LogP contribution in [0.3, 0.4) is 0 Å². The Morgan fingerprint density at radius 3 is 2.42 bits per heavy atom. The van der Waals surface area contributed by atoms with Crippen LogP contribution in [0.2, 0.25) is 0 Å². The Balaban J connectivity index is 3.41. The van der Waals surface area contributed by atoms with E-state index in [9.17, 15) is 9.59 Å². The summed E-state index contributed by atoms with van der Waals surface area (Å²) in [6.45, 7) is 4.47. The van der Waals surface area contributed by atoms with Crippen LogP contribution in [0.1, 0.15) is 13.8 Å². The molecule has 0 unspecified atom stereocenters. The molecule has 0 aromatic carbocycles. The summed E-state index contributed by atoms with van der Waals surface area (Å²) in [6, 6.07) is 0. The molecular weight excluding hydrogens is 158 g/mol. The molecule has 1 heterocycles. The van der Waals surface area contributed by atoms with Crippen molar-refractivity contribution in [3.8, 4) is 0 Å². The number of hydrogen-bond donors (Lipinski definition) is 0. The first-order valence-corrected chi connectivity index (χ1v) is 3.87. The molecule has 0 fully saturated rings. The summed E-state index contributed by atoms with van der Waals surface area (Å²) in [6.07, 6.45) is 1.38. The predicted octanol–water partition coefficient (Wildman–Crippen LogP) is -0.555. The summed E-state index contributed by atoms with van der Waals surface area (Å²) in [5.41, 5.74) is -1.06. The van der Waals surface area contributed by atoms with Gasteiger partial charge in [-0.1, -0.05) is 0 Å². The smallest absolute Gasteiger partial charge is 0.293 e. The van der Waals surface area contributed by atoms with Gasteiger partial charge in [-0.25, -0.2) is 4.68 Å². The van der Waals surface area contributed by atoms with Crippen LogP contribution < -0.4 is 11.1 Å². The molecule has 1 aromatic rings. The van der Waals surface area contributed by atoms with Crippen molar-refractivity contribution in [2.45, 2.75) is 26.9 Å². The molecule has 0 N–H and O–H groups in total. The largest absolute Gasteiger partial charge is 0.332 e. The maximum atomic E-state index is 11.2. The Kier molecular flexibility index (Phi) is 2.42. The van der Waals surface area contributed by atoms with E-state index in [1.165, 1.54) is 10.9 Å². The minimum atomic E-state index is -0.554. The molecule has 0 aliphatic heterocycles. The van der Waals surface area contributed by atoms with Crippen LogP contribution in [0.15, 0.2) is 15.9 Å². The molecule has 0 radical (unpaired) electrons. The van der Waals surface area contributed by atoms with Crippen LogP contribution in [0.25, 0.3) is 0 Å². The molecule has 1 rings (SSSR count). The van der Waals surface area contributed by atoms with Gasteiger partial charge in [-0.3, -0.25) is 14.2 Å². The highest BCUT2D eigenvalue weighted by Crippen LogP contribution is 1.73. The van der Waals surface area contributed by atoms with E-state index >= 15 is 0 Å². The zero-order valence-electron chi connectivity index (χ0n) is 7.15. The fourth-order valence-electron chi connectivity index (χ4n) is 0.913. The molecule has 5 nitrogen and oxygen atoms in total. The Labute approximate surface area is 69.3 Å². The highest BCUT2D eigenvalue weighted by Gasteiger charge is 2.01. The van der Waals surface area contributed by atoms with Crippen LogP contribution in [-0.2, 0) is 13.1 Å². The second-order valence-electron chi connectivity index (χ2n) is 2.34. The lowest BCUT2D eigenvalue weighted by molar-refractivity contribution is 0.550. The van der Waals surface area contributed by atoms with E-state index in [4.69, 9.17) is 0 Å². The SMILES string of the molecule is CCn1cnn(CC)c(=O)c1=O. The molecule has 0 saturated heterocycles. The third-order valence-corrected chi connectivity index (χ3v) is 1.65. The second kappa shape index (κ2) is 3.34. The number of aryl methyl sites for hydroxylation is 2. The predicted molar refractivity (Wildman–Crippen MR) is 44.1 cm³/mol. The van der Waals surface area contributed by atoms with Crippen molar-refractivity contribution < 1.29 is 0 Å². The average Bonchev–Trinajstić information content (AvgIpc) is 2.10. The number of rotatable bonds is 2. The summed E-state index contributed by atoms with van der Waals surface area (Å²) < 4.78 is 2.43. The molecule has 0 saturated carbocycles. The molecule has 12 heavy (non-hydrogen) atoms. The Hall–Kier alpha value is -1.39. The second-order valence-corrected chi connectivity index (χ2v) is 2.34. The van der Waals surface area contributed by atoms with Gasteiger partial charge in [0.2, 0.25) is 0 Å². The summed E-state index contributed by atoms with van der Waals surface area (Å²) >= 11 is 0. The van der Waals surface area contributed by atoms with E-state index in [1.807, 2.05) is 0 Å². The van der Waals surface area contributed by atoms with Crippen molar-refractivity contribution in [2.24, 2.45) is 0 Å². The fourth-order valence-corrected chi connectivity index (χ4v) is 0.913. The van der Waals surface area contributed by atoms with Crippen molar-refractivity contribution in [1.82, 2.24) is 14.3 Å². The molecule has 0 aliphatic carbocycles. The first-order chi connectivity index (χ1) is 5.70. The van der Waals surface area contributed by atoms with Crippen molar-refractivity contribution in [3.05, 3.63) is 27.0 Å². The molecule has 0 bridgehead atoms. The molecule has 5 heteroatoms. The van der Waals surface area contributed by atoms with E-state index < -0.39 is 11.1 Å². The van der Waals surface area contributed by atoms with E-state index in [1.54, 1.807) is 13.8 Å². The van der Waals surface area contributed by atoms with E-state index in [2.05, 4.69) is 5.10 Å². The van der Waals surface area contributed by atoms with Gasteiger partial charge in [0.15, 0.2) is 0 Å². The van der Waals surface area contributed by atoms with Gasteiger partial charge in [0, 0.05) is 13.1 Å². The average molecular weight is 169 g/mol. The van der Waals surface area contributed by atoms with Crippen molar-refractivity contribution in [3.63, 3.8) is 0 Å². The molecular formula is C7H11N3O2. The Morgan fingerprint density at radius 2 is 1.92 bits per heavy atom. The van der Waals surface area contributed by atoms with Crippen LogP contribution in [-0.4, -0.2) is 14.3 Å². The zero-order chi connectivity index (χ0) is 9.14. The molecule has 0 amide bonds. The van der Waals surface area contributed by atoms with Gasteiger partial charge < -0.3 is 0 Å². The Morgan fingerprint density at radius 1 is 1.25 bits per heavy atom. The quantitative estimate of drug-likeness (QED) is 0.558. The summed E-state index contributed by atoms with van der Waals surface area (Å²) in [7, 11) is 0. The summed E-state index contributed by atoms with van der Waals surface area (Å²) in [5.74, 6) is 0. The fraction of sp³-hybridized carbons (Fsp3) is 0.571. The normalized spacial score (nSPS) is 10.2. The van der Waals surface area contributed by atoms with Gasteiger partial charge in [0.25, 0.3) is 0 Å². The van der Waals surface area contributed by atoms with Crippen LogP contribution >= 0.6 is 0 Å². The van der Waals surface area contributed by atoms with Gasteiger partial charge in [0.05, 0.1) is 0 Å². The van der Waals surface area contributed by atoms with Crippen molar-refractivity contribution in [2.75, 3.05) is 0 Å².